The van der Waals surface area contributed by atoms with Crippen molar-refractivity contribution in [2.45, 2.75) is 19.3 Å². The van der Waals surface area contributed by atoms with E-state index in [0.29, 0.717) is 11.6 Å². The second-order valence-corrected chi connectivity index (χ2v) is 5.42. The fourth-order valence-electron chi connectivity index (χ4n) is 2.51. The number of hydrogen-bond acceptors (Lipinski definition) is 2. The average molecular weight is 266 g/mol. The Morgan fingerprint density at radius 1 is 1.20 bits per heavy atom. The first-order valence-electron chi connectivity index (χ1n) is 6.87. The number of hydrogen-bond donors (Lipinski definition) is 2. The standard InChI is InChI=1S/C17H18N2O/c1-11-7-8-13(9-16(11)18)19-17(20)15-10-14(15)12-5-3-2-4-6-12/h2-9,14-15H,10,18H2,1H3,(H,19,20). The number of carbonyl (C=O) groups excluding carboxylic acids is 1. The van der Waals surface area contributed by atoms with Gasteiger partial charge in [0.1, 0.15) is 0 Å². The summed E-state index contributed by atoms with van der Waals surface area (Å²) >= 11 is 0. The lowest BCUT2D eigenvalue weighted by molar-refractivity contribution is -0.117. The van der Waals surface area contributed by atoms with Crippen molar-refractivity contribution in [2.75, 3.05) is 11.1 Å². The highest BCUT2D eigenvalue weighted by molar-refractivity contribution is 5.95. The molecular weight excluding hydrogens is 248 g/mol. The Hall–Kier alpha value is -2.29. The monoisotopic (exact) mass is 266 g/mol. The topological polar surface area (TPSA) is 55.1 Å². The summed E-state index contributed by atoms with van der Waals surface area (Å²) in [5, 5.41) is 2.95. The third kappa shape index (κ3) is 2.52. The van der Waals surface area contributed by atoms with Gasteiger partial charge in [0.25, 0.3) is 0 Å². The number of nitrogens with two attached hydrogens (primary N) is 1. The maximum Gasteiger partial charge on any atom is 0.228 e. The molecule has 2 aromatic carbocycles. The van der Waals surface area contributed by atoms with Crippen LogP contribution in [-0.4, -0.2) is 5.91 Å². The maximum atomic E-state index is 12.2. The molecule has 3 rings (SSSR count). The van der Waals surface area contributed by atoms with Crippen molar-refractivity contribution in [3.05, 3.63) is 59.7 Å². The zero-order valence-corrected chi connectivity index (χ0v) is 11.5. The van der Waals surface area contributed by atoms with E-state index in [-0.39, 0.29) is 11.8 Å². The van der Waals surface area contributed by atoms with E-state index in [1.165, 1.54) is 5.56 Å². The molecule has 0 bridgehead atoms. The molecule has 20 heavy (non-hydrogen) atoms. The number of nitrogen functional groups attached to an aromatic ring is 1. The van der Waals surface area contributed by atoms with Gasteiger partial charge in [0.15, 0.2) is 0 Å². The van der Waals surface area contributed by atoms with Crippen molar-refractivity contribution in [1.29, 1.82) is 0 Å². The molecule has 102 valence electrons. The average Bonchev–Trinajstić information content (AvgIpc) is 3.24. The largest absolute Gasteiger partial charge is 0.398 e. The van der Waals surface area contributed by atoms with Crippen LogP contribution in [0.1, 0.15) is 23.5 Å². The van der Waals surface area contributed by atoms with Crippen LogP contribution in [0.3, 0.4) is 0 Å². The number of rotatable bonds is 3. The molecule has 0 saturated heterocycles. The van der Waals surface area contributed by atoms with Crippen LogP contribution in [0.4, 0.5) is 11.4 Å². The molecule has 0 aromatic heterocycles. The van der Waals surface area contributed by atoms with Gasteiger partial charge in [0.05, 0.1) is 0 Å². The molecule has 1 amide bonds. The van der Waals surface area contributed by atoms with Gasteiger partial charge in [0.2, 0.25) is 5.91 Å². The molecule has 0 aliphatic heterocycles. The summed E-state index contributed by atoms with van der Waals surface area (Å²) in [6.07, 6.45) is 0.928. The minimum Gasteiger partial charge on any atom is -0.398 e. The van der Waals surface area contributed by atoms with Gasteiger partial charge >= 0.3 is 0 Å². The Labute approximate surface area is 118 Å². The van der Waals surface area contributed by atoms with Crippen molar-refractivity contribution in [3.8, 4) is 0 Å². The predicted molar refractivity (Wildman–Crippen MR) is 81.5 cm³/mol. The minimum absolute atomic E-state index is 0.0833. The Morgan fingerprint density at radius 2 is 1.95 bits per heavy atom. The van der Waals surface area contributed by atoms with Crippen molar-refractivity contribution in [2.24, 2.45) is 5.92 Å². The first kappa shape index (κ1) is 12.7. The highest BCUT2D eigenvalue weighted by Crippen LogP contribution is 2.47. The van der Waals surface area contributed by atoms with Crippen LogP contribution in [0, 0.1) is 12.8 Å². The fraction of sp³-hybridized carbons (Fsp3) is 0.235. The third-order valence-corrected chi connectivity index (χ3v) is 3.90. The summed E-state index contributed by atoms with van der Waals surface area (Å²) in [5.41, 5.74) is 9.61. The van der Waals surface area contributed by atoms with E-state index in [0.717, 1.165) is 17.7 Å². The molecule has 0 spiro atoms. The zero-order chi connectivity index (χ0) is 14.1. The summed E-state index contributed by atoms with van der Waals surface area (Å²) in [4.78, 5) is 12.2. The Morgan fingerprint density at radius 3 is 2.65 bits per heavy atom. The lowest BCUT2D eigenvalue weighted by Gasteiger charge is -2.07. The van der Waals surface area contributed by atoms with Gasteiger partial charge in [-0.1, -0.05) is 36.4 Å². The van der Waals surface area contributed by atoms with Gasteiger partial charge in [-0.3, -0.25) is 4.79 Å². The van der Waals surface area contributed by atoms with E-state index >= 15 is 0 Å². The summed E-state index contributed by atoms with van der Waals surface area (Å²) < 4.78 is 0. The Balaban J connectivity index is 1.65. The van der Waals surface area contributed by atoms with Gasteiger partial charge in [-0.15, -0.1) is 0 Å². The summed E-state index contributed by atoms with van der Waals surface area (Å²) in [5.74, 6) is 0.529. The lowest BCUT2D eigenvalue weighted by atomic mass is 10.1. The second-order valence-electron chi connectivity index (χ2n) is 5.42. The van der Waals surface area contributed by atoms with E-state index in [9.17, 15) is 4.79 Å². The first-order chi connectivity index (χ1) is 9.65. The molecule has 1 saturated carbocycles. The van der Waals surface area contributed by atoms with E-state index in [1.54, 1.807) is 0 Å². The van der Waals surface area contributed by atoms with Gasteiger partial charge < -0.3 is 11.1 Å². The third-order valence-electron chi connectivity index (χ3n) is 3.90. The molecule has 1 fully saturated rings. The zero-order valence-electron chi connectivity index (χ0n) is 11.5. The van der Waals surface area contributed by atoms with Crippen LogP contribution in [0.15, 0.2) is 48.5 Å². The van der Waals surface area contributed by atoms with Gasteiger partial charge in [-0.25, -0.2) is 0 Å². The normalized spacial score (nSPS) is 20.4. The van der Waals surface area contributed by atoms with Crippen LogP contribution >= 0.6 is 0 Å². The Kier molecular flexibility index (Phi) is 3.18. The molecular formula is C17H18N2O. The van der Waals surface area contributed by atoms with E-state index < -0.39 is 0 Å². The van der Waals surface area contributed by atoms with Crippen molar-refractivity contribution in [1.82, 2.24) is 0 Å². The van der Waals surface area contributed by atoms with Crippen LogP contribution < -0.4 is 11.1 Å². The highest BCUT2D eigenvalue weighted by Gasteiger charge is 2.43. The Bertz CT molecular complexity index is 637. The van der Waals surface area contributed by atoms with Crippen LogP contribution in [0.5, 0.6) is 0 Å². The molecule has 2 atom stereocenters. The van der Waals surface area contributed by atoms with Gasteiger partial charge in [0, 0.05) is 17.3 Å². The van der Waals surface area contributed by atoms with Crippen molar-refractivity contribution < 1.29 is 4.79 Å². The highest BCUT2D eigenvalue weighted by atomic mass is 16.2. The lowest BCUT2D eigenvalue weighted by Crippen LogP contribution is -2.14. The molecule has 2 aromatic rings. The fourth-order valence-corrected chi connectivity index (χ4v) is 2.51. The second kappa shape index (κ2) is 5.00. The van der Waals surface area contributed by atoms with Crippen LogP contribution in [-0.2, 0) is 4.79 Å². The minimum atomic E-state index is 0.0833. The number of aryl methyl sites for hydroxylation is 1. The number of anilines is 2. The number of nitrogens with one attached hydrogen (secondary N) is 1. The molecule has 3 heteroatoms. The number of carbonyl (C=O) groups is 1. The van der Waals surface area contributed by atoms with Gasteiger partial charge in [-0.05, 0) is 42.5 Å². The van der Waals surface area contributed by atoms with Crippen LogP contribution in [0.2, 0.25) is 0 Å². The predicted octanol–water partition coefficient (Wildman–Crippen LogP) is 3.32. The summed E-state index contributed by atoms with van der Waals surface area (Å²) in [6, 6.07) is 15.8. The van der Waals surface area contributed by atoms with Crippen molar-refractivity contribution >= 4 is 17.3 Å². The van der Waals surface area contributed by atoms with Gasteiger partial charge in [-0.2, -0.15) is 0 Å². The summed E-state index contributed by atoms with van der Waals surface area (Å²) in [7, 11) is 0. The molecule has 1 aliphatic rings. The number of benzene rings is 2. The SMILES string of the molecule is Cc1ccc(NC(=O)C2CC2c2ccccc2)cc1N. The maximum absolute atomic E-state index is 12.2. The van der Waals surface area contributed by atoms with Crippen molar-refractivity contribution in [3.63, 3.8) is 0 Å². The van der Waals surface area contributed by atoms with E-state index in [2.05, 4.69) is 17.4 Å². The first-order valence-corrected chi connectivity index (χ1v) is 6.87. The molecule has 3 nitrogen and oxygen atoms in total. The molecule has 0 heterocycles. The summed E-state index contributed by atoms with van der Waals surface area (Å²) in [6.45, 7) is 1.95. The van der Waals surface area contributed by atoms with Crippen LogP contribution in [0.25, 0.3) is 0 Å². The quantitative estimate of drug-likeness (QED) is 0.837. The van der Waals surface area contributed by atoms with E-state index in [1.807, 2.05) is 43.3 Å². The van der Waals surface area contributed by atoms with E-state index in [4.69, 9.17) is 5.73 Å². The molecule has 1 aliphatic carbocycles. The number of amides is 1. The molecule has 3 N–H and O–H groups in total. The smallest absolute Gasteiger partial charge is 0.228 e. The molecule has 2 unspecified atom stereocenters. The molecule has 0 radical (unpaired) electrons.